The molecule has 2 amide bonds. The minimum absolute atomic E-state index is 0.0122. The third-order valence-electron chi connectivity index (χ3n) is 7.62. The van der Waals surface area contributed by atoms with Crippen LogP contribution in [0.5, 0.6) is 11.5 Å². The first-order chi connectivity index (χ1) is 18.0. The standard InChI is InChI=1S/C28H30N6O3/c1-2-24(35)33-19-8-9-20(33)17-32(16-19)23-14-15-30-26-25(23)31-34(27(26)28(29)36)18-10-12-22(13-11-18)37-21-6-4-3-5-7-21/h2-7,10-13,19-20,23,30H,1,8-9,14-17H2,(H2,29,36)/t19-,20+,23?. The number of nitrogens with two attached hydrogens (primary N) is 1. The molecule has 2 aromatic carbocycles. The minimum Gasteiger partial charge on any atom is -0.457 e. The molecule has 2 saturated heterocycles. The molecule has 190 valence electrons. The third kappa shape index (κ3) is 4.15. The van der Waals surface area contributed by atoms with E-state index in [1.54, 1.807) is 4.68 Å². The molecule has 1 unspecified atom stereocenters. The quantitative estimate of drug-likeness (QED) is 0.504. The first kappa shape index (κ1) is 23.3. The van der Waals surface area contributed by atoms with Crippen LogP contribution in [0.1, 0.15) is 41.5 Å². The highest BCUT2D eigenvalue weighted by molar-refractivity contribution is 5.98. The van der Waals surface area contributed by atoms with Gasteiger partial charge in [-0.1, -0.05) is 24.8 Å². The van der Waals surface area contributed by atoms with Crippen molar-refractivity contribution in [3.63, 3.8) is 0 Å². The van der Waals surface area contributed by atoms with E-state index < -0.39 is 5.91 Å². The highest BCUT2D eigenvalue weighted by atomic mass is 16.5. The zero-order valence-electron chi connectivity index (χ0n) is 20.5. The fourth-order valence-electron chi connectivity index (χ4n) is 6.02. The molecule has 0 saturated carbocycles. The molecule has 0 spiro atoms. The molecule has 2 fully saturated rings. The Morgan fingerprint density at radius 2 is 1.68 bits per heavy atom. The van der Waals surface area contributed by atoms with Gasteiger partial charge in [-0.2, -0.15) is 5.10 Å². The van der Waals surface area contributed by atoms with Crippen molar-refractivity contribution in [2.75, 3.05) is 25.0 Å². The molecular formula is C28H30N6O3. The molecule has 0 aliphatic carbocycles. The van der Waals surface area contributed by atoms with Gasteiger partial charge >= 0.3 is 0 Å². The van der Waals surface area contributed by atoms with E-state index in [2.05, 4.69) is 16.8 Å². The van der Waals surface area contributed by atoms with Crippen molar-refractivity contribution < 1.29 is 14.3 Å². The lowest BCUT2D eigenvalue weighted by Gasteiger charge is -2.44. The van der Waals surface area contributed by atoms with E-state index in [9.17, 15) is 9.59 Å². The monoisotopic (exact) mass is 498 g/mol. The van der Waals surface area contributed by atoms with E-state index in [-0.39, 0.29) is 24.0 Å². The molecule has 3 N–H and O–H groups in total. The van der Waals surface area contributed by atoms with Crippen LogP contribution in [0.25, 0.3) is 5.69 Å². The number of carbonyl (C=O) groups is 2. The molecule has 0 radical (unpaired) electrons. The van der Waals surface area contributed by atoms with Gasteiger partial charge in [-0.15, -0.1) is 0 Å². The van der Waals surface area contributed by atoms with E-state index >= 15 is 0 Å². The second kappa shape index (κ2) is 9.40. The SMILES string of the molecule is C=CC(=O)N1[C@@H]2CC[C@H]1CN(C1CCNc3c1nn(-c1ccc(Oc4ccccc4)cc1)c3C(N)=O)C2. The Morgan fingerprint density at radius 3 is 2.32 bits per heavy atom. The smallest absolute Gasteiger partial charge is 0.269 e. The topological polar surface area (TPSA) is 106 Å². The van der Waals surface area contributed by atoms with Crippen LogP contribution in [-0.2, 0) is 4.79 Å². The normalized spacial score (nSPS) is 22.7. The van der Waals surface area contributed by atoms with Gasteiger partial charge in [0.05, 0.1) is 17.4 Å². The maximum Gasteiger partial charge on any atom is 0.269 e. The van der Waals surface area contributed by atoms with Crippen molar-refractivity contribution in [1.82, 2.24) is 19.6 Å². The summed E-state index contributed by atoms with van der Waals surface area (Å²) < 4.78 is 7.55. The first-order valence-corrected chi connectivity index (χ1v) is 12.7. The summed E-state index contributed by atoms with van der Waals surface area (Å²) in [6.07, 6.45) is 4.27. The number of amides is 2. The number of hydrogen-bond donors (Lipinski definition) is 2. The molecule has 9 nitrogen and oxygen atoms in total. The number of anilines is 1. The van der Waals surface area contributed by atoms with E-state index in [4.69, 9.17) is 15.6 Å². The van der Waals surface area contributed by atoms with Gasteiger partial charge in [0.25, 0.3) is 5.91 Å². The lowest BCUT2D eigenvalue weighted by atomic mass is 9.99. The summed E-state index contributed by atoms with van der Waals surface area (Å²) >= 11 is 0. The first-order valence-electron chi connectivity index (χ1n) is 12.7. The summed E-state index contributed by atoms with van der Waals surface area (Å²) in [6.45, 7) is 5.96. The van der Waals surface area contributed by atoms with Crippen LogP contribution in [0, 0.1) is 0 Å². The zero-order chi connectivity index (χ0) is 25.5. The molecule has 3 atom stereocenters. The predicted molar refractivity (Wildman–Crippen MR) is 140 cm³/mol. The van der Waals surface area contributed by atoms with Crippen LogP contribution in [0.2, 0.25) is 0 Å². The Kier molecular flexibility index (Phi) is 5.92. The second-order valence-corrected chi connectivity index (χ2v) is 9.81. The van der Waals surface area contributed by atoms with E-state index in [0.29, 0.717) is 23.7 Å². The second-order valence-electron chi connectivity index (χ2n) is 9.81. The molecule has 6 rings (SSSR count). The van der Waals surface area contributed by atoms with Gasteiger partial charge in [-0.25, -0.2) is 4.68 Å². The highest BCUT2D eigenvalue weighted by Crippen LogP contribution is 2.41. The van der Waals surface area contributed by atoms with Crippen LogP contribution < -0.4 is 15.8 Å². The van der Waals surface area contributed by atoms with E-state index in [1.807, 2.05) is 59.5 Å². The summed E-state index contributed by atoms with van der Waals surface area (Å²) in [5.74, 6) is 0.913. The van der Waals surface area contributed by atoms with Crippen LogP contribution in [0.3, 0.4) is 0 Å². The number of fused-ring (bicyclic) bond motifs is 3. The van der Waals surface area contributed by atoms with E-state index in [1.165, 1.54) is 6.08 Å². The summed E-state index contributed by atoms with van der Waals surface area (Å²) in [4.78, 5) is 29.5. The third-order valence-corrected chi connectivity index (χ3v) is 7.62. The molecular weight excluding hydrogens is 468 g/mol. The van der Waals surface area contributed by atoms with Crippen molar-refractivity contribution in [3.05, 3.63) is 78.6 Å². The van der Waals surface area contributed by atoms with Crippen molar-refractivity contribution in [2.24, 2.45) is 5.73 Å². The number of aromatic nitrogens is 2. The van der Waals surface area contributed by atoms with Gasteiger partial charge in [0, 0.05) is 31.7 Å². The van der Waals surface area contributed by atoms with Crippen molar-refractivity contribution in [3.8, 4) is 17.2 Å². The molecule has 3 aliphatic rings. The highest BCUT2D eigenvalue weighted by Gasteiger charge is 2.45. The Labute approximate surface area is 215 Å². The largest absolute Gasteiger partial charge is 0.457 e. The molecule has 4 heterocycles. The van der Waals surface area contributed by atoms with Crippen molar-refractivity contribution in [1.29, 1.82) is 0 Å². The number of piperazine rings is 1. The Balaban J connectivity index is 1.29. The van der Waals surface area contributed by atoms with Gasteiger partial charge in [-0.3, -0.25) is 14.5 Å². The summed E-state index contributed by atoms with van der Waals surface area (Å²) in [6, 6.07) is 17.4. The Hall–Kier alpha value is -4.11. The van der Waals surface area contributed by atoms with Crippen LogP contribution in [0.15, 0.2) is 67.3 Å². The summed E-state index contributed by atoms with van der Waals surface area (Å²) in [5, 5.41) is 8.30. The zero-order valence-corrected chi connectivity index (χ0v) is 20.5. The number of para-hydroxylation sites is 1. The number of benzene rings is 2. The lowest BCUT2D eigenvalue weighted by molar-refractivity contribution is -0.132. The fourth-order valence-corrected chi connectivity index (χ4v) is 6.02. The number of primary amides is 1. The number of nitrogens with zero attached hydrogens (tertiary/aromatic N) is 4. The number of rotatable bonds is 6. The number of carbonyl (C=O) groups excluding carboxylic acids is 2. The molecule has 37 heavy (non-hydrogen) atoms. The Morgan fingerprint density at radius 1 is 1.00 bits per heavy atom. The maximum atomic E-state index is 12.6. The predicted octanol–water partition coefficient (Wildman–Crippen LogP) is 3.48. The average molecular weight is 499 g/mol. The lowest BCUT2D eigenvalue weighted by Crippen LogP contribution is -2.56. The van der Waals surface area contributed by atoms with E-state index in [0.717, 1.165) is 49.5 Å². The molecule has 1 aromatic heterocycles. The van der Waals surface area contributed by atoms with Gasteiger partial charge in [0.15, 0.2) is 5.69 Å². The van der Waals surface area contributed by atoms with Crippen molar-refractivity contribution >= 4 is 17.5 Å². The number of nitrogens with one attached hydrogen (secondary N) is 1. The summed E-state index contributed by atoms with van der Waals surface area (Å²) in [7, 11) is 0. The van der Waals surface area contributed by atoms with Crippen LogP contribution in [-0.4, -0.2) is 63.1 Å². The number of hydrogen-bond acceptors (Lipinski definition) is 6. The molecule has 2 bridgehead atoms. The maximum absolute atomic E-state index is 12.6. The Bertz CT molecular complexity index is 1320. The molecule has 3 aromatic rings. The minimum atomic E-state index is -0.534. The van der Waals surface area contributed by atoms with Gasteiger partial charge < -0.3 is 20.7 Å². The van der Waals surface area contributed by atoms with Crippen molar-refractivity contribution in [2.45, 2.75) is 37.4 Å². The van der Waals surface area contributed by atoms with Crippen LogP contribution >= 0.6 is 0 Å². The summed E-state index contributed by atoms with van der Waals surface area (Å²) in [5.41, 5.74) is 8.47. The number of likely N-dealkylation sites (tertiary alicyclic amines) is 1. The molecule has 3 aliphatic heterocycles. The van der Waals surface area contributed by atoms with Crippen LogP contribution in [0.4, 0.5) is 5.69 Å². The van der Waals surface area contributed by atoms with Gasteiger partial charge in [-0.05, 0) is 61.7 Å². The van der Waals surface area contributed by atoms with Gasteiger partial charge in [0.2, 0.25) is 5.91 Å². The van der Waals surface area contributed by atoms with Gasteiger partial charge in [0.1, 0.15) is 17.2 Å². The fraction of sp³-hybridized carbons (Fsp3) is 0.321. The number of ether oxygens (including phenoxy) is 1. The molecule has 9 heteroatoms. The average Bonchev–Trinajstić information content (AvgIpc) is 3.44.